The molecule has 0 atom stereocenters. The van der Waals surface area contributed by atoms with E-state index in [9.17, 15) is 8.42 Å². The number of halogens is 2. The Morgan fingerprint density at radius 2 is 1.95 bits per heavy atom. The van der Waals surface area contributed by atoms with Crippen molar-refractivity contribution in [3.8, 4) is 0 Å². The first-order chi connectivity index (χ1) is 9.90. The Labute approximate surface area is 141 Å². The lowest BCUT2D eigenvalue weighted by molar-refractivity contribution is 0.584. The fourth-order valence-corrected chi connectivity index (χ4v) is 3.18. The Hall–Kier alpha value is -1.19. The Balaban J connectivity index is 2.19. The van der Waals surface area contributed by atoms with Gasteiger partial charge in [-0.2, -0.15) is 13.5 Å². The number of sulfonamides is 1. The normalized spacial score (nSPS) is 11.8. The lowest BCUT2D eigenvalue weighted by atomic mass is 10.2. The zero-order valence-electron chi connectivity index (χ0n) is 10.9. The molecule has 0 fully saturated rings. The molecule has 1 aromatic heterocycles. The smallest absolute Gasteiger partial charge is 0.244 e. The van der Waals surface area contributed by atoms with Gasteiger partial charge in [0.1, 0.15) is 5.15 Å². The predicted octanol–water partition coefficient (Wildman–Crippen LogP) is 2.96. The summed E-state index contributed by atoms with van der Waals surface area (Å²) in [6.45, 7) is 1.88. The molecule has 0 radical (unpaired) electrons. The molecule has 0 aliphatic carbocycles. The molecule has 1 aromatic carbocycles. The molecule has 110 valence electrons. The summed E-state index contributed by atoms with van der Waals surface area (Å²) in [7, 11) is -3.69. The monoisotopic (exact) mass is 435 g/mol. The fraction of sp³-hybridized carbons (Fsp3) is 0.0769. The lowest BCUT2D eigenvalue weighted by Gasteiger charge is -2.04. The zero-order valence-corrected chi connectivity index (χ0v) is 14.6. The Bertz CT molecular complexity index is 756. The zero-order chi connectivity index (χ0) is 15.5. The van der Waals surface area contributed by atoms with Gasteiger partial charge in [0.2, 0.25) is 0 Å². The minimum absolute atomic E-state index is 0.150. The number of aryl methyl sites for hydroxylation is 1. The van der Waals surface area contributed by atoms with E-state index in [1.54, 1.807) is 24.4 Å². The van der Waals surface area contributed by atoms with E-state index in [1.807, 2.05) is 6.92 Å². The number of hydrazone groups is 1. The molecule has 5 nitrogen and oxygen atoms in total. The molecule has 0 aliphatic heterocycles. The molecule has 2 rings (SSSR count). The molecule has 0 bridgehead atoms. The van der Waals surface area contributed by atoms with E-state index in [0.717, 1.165) is 9.13 Å². The highest BCUT2D eigenvalue weighted by atomic mass is 127. The van der Waals surface area contributed by atoms with Crippen LogP contribution in [0.3, 0.4) is 0 Å². The number of pyridine rings is 1. The quantitative estimate of drug-likeness (QED) is 0.347. The van der Waals surface area contributed by atoms with Crippen LogP contribution in [0.15, 0.2) is 46.5 Å². The van der Waals surface area contributed by atoms with Gasteiger partial charge in [0, 0.05) is 15.3 Å². The van der Waals surface area contributed by atoms with Gasteiger partial charge >= 0.3 is 0 Å². The van der Waals surface area contributed by atoms with Crippen LogP contribution < -0.4 is 4.83 Å². The van der Waals surface area contributed by atoms with E-state index < -0.39 is 10.0 Å². The van der Waals surface area contributed by atoms with Crippen LogP contribution in [0.1, 0.15) is 11.1 Å². The van der Waals surface area contributed by atoms with E-state index in [-0.39, 0.29) is 10.0 Å². The molecule has 0 aliphatic rings. The van der Waals surface area contributed by atoms with Crippen molar-refractivity contribution in [1.82, 2.24) is 9.82 Å². The van der Waals surface area contributed by atoms with Crippen molar-refractivity contribution >= 4 is 50.4 Å². The van der Waals surface area contributed by atoms with Gasteiger partial charge in [-0.05, 0) is 47.7 Å². The number of nitrogens with zero attached hydrogens (tertiary/aromatic N) is 2. The van der Waals surface area contributed by atoms with Crippen LogP contribution in [0.5, 0.6) is 0 Å². The molecule has 8 heteroatoms. The van der Waals surface area contributed by atoms with E-state index in [4.69, 9.17) is 11.6 Å². The molecule has 0 saturated heterocycles. The average Bonchev–Trinajstić information content (AvgIpc) is 2.42. The summed E-state index contributed by atoms with van der Waals surface area (Å²) >= 11 is 8.00. The maximum absolute atomic E-state index is 12.0. The van der Waals surface area contributed by atoms with Crippen LogP contribution in [0, 0.1) is 10.5 Å². The van der Waals surface area contributed by atoms with Crippen molar-refractivity contribution in [3.05, 3.63) is 56.4 Å². The summed E-state index contributed by atoms with van der Waals surface area (Å²) in [5.74, 6) is 0. The maximum Gasteiger partial charge on any atom is 0.276 e. The van der Waals surface area contributed by atoms with E-state index in [2.05, 4.69) is 37.5 Å². The third-order valence-corrected chi connectivity index (χ3v) is 5.07. The van der Waals surface area contributed by atoms with Gasteiger partial charge in [-0.3, -0.25) is 0 Å². The van der Waals surface area contributed by atoms with Crippen molar-refractivity contribution in [2.45, 2.75) is 11.8 Å². The second-order valence-corrected chi connectivity index (χ2v) is 7.34. The molecule has 21 heavy (non-hydrogen) atoms. The van der Waals surface area contributed by atoms with Gasteiger partial charge in [-0.25, -0.2) is 9.82 Å². The van der Waals surface area contributed by atoms with E-state index in [0.29, 0.717) is 5.56 Å². The average molecular weight is 436 g/mol. The van der Waals surface area contributed by atoms with Crippen molar-refractivity contribution in [2.24, 2.45) is 5.10 Å². The van der Waals surface area contributed by atoms with E-state index >= 15 is 0 Å². The van der Waals surface area contributed by atoms with Crippen LogP contribution in [0.25, 0.3) is 0 Å². The maximum atomic E-state index is 12.0. The van der Waals surface area contributed by atoms with Gasteiger partial charge in [-0.1, -0.05) is 29.3 Å². The molecule has 2 aromatic rings. The molecule has 0 unspecified atom stereocenters. The number of rotatable bonds is 4. The highest BCUT2D eigenvalue weighted by Gasteiger charge is 2.12. The van der Waals surface area contributed by atoms with Crippen molar-refractivity contribution in [2.75, 3.05) is 0 Å². The van der Waals surface area contributed by atoms with Crippen LogP contribution >= 0.6 is 34.2 Å². The first kappa shape index (κ1) is 16.2. The van der Waals surface area contributed by atoms with Crippen LogP contribution in [-0.4, -0.2) is 19.6 Å². The number of hydrogen-bond acceptors (Lipinski definition) is 4. The summed E-state index contributed by atoms with van der Waals surface area (Å²) in [6, 6.07) is 8.24. The molecule has 1 N–H and O–H groups in total. The number of nitrogens with one attached hydrogen (secondary N) is 1. The lowest BCUT2D eigenvalue weighted by Crippen LogP contribution is -2.18. The van der Waals surface area contributed by atoms with Crippen LogP contribution in [0.2, 0.25) is 5.15 Å². The molecule has 0 spiro atoms. The predicted molar refractivity (Wildman–Crippen MR) is 91.1 cm³/mol. The molecular formula is C13H11ClIN3O2S. The summed E-state index contributed by atoms with van der Waals surface area (Å²) in [5.41, 5.74) is 1.54. The topological polar surface area (TPSA) is 71.4 Å². The molecule has 1 heterocycles. The number of hydrogen-bond donors (Lipinski definition) is 1. The SMILES string of the molecule is Cc1ccc(S(=O)(=O)N/N=C/c2c(I)ccnc2Cl)cc1. The minimum Gasteiger partial charge on any atom is -0.244 e. The number of aromatic nitrogens is 1. The third kappa shape index (κ3) is 4.14. The summed E-state index contributed by atoms with van der Waals surface area (Å²) in [5, 5.41) is 4.01. The largest absolute Gasteiger partial charge is 0.276 e. The number of benzene rings is 1. The van der Waals surface area contributed by atoms with Gasteiger partial charge in [-0.15, -0.1) is 0 Å². The van der Waals surface area contributed by atoms with Crippen LogP contribution in [0.4, 0.5) is 0 Å². The highest BCUT2D eigenvalue weighted by molar-refractivity contribution is 14.1. The second kappa shape index (κ2) is 6.71. The molecule has 0 amide bonds. The molecule has 0 saturated carbocycles. The second-order valence-electron chi connectivity index (χ2n) is 4.16. The van der Waals surface area contributed by atoms with Gasteiger partial charge in [0.25, 0.3) is 10.0 Å². The standard InChI is InChI=1S/C13H11ClIN3O2S/c1-9-2-4-10(5-3-9)21(19,20)18-17-8-11-12(15)6-7-16-13(11)14/h2-8,18H,1H3/b17-8+. The van der Waals surface area contributed by atoms with Crippen molar-refractivity contribution in [1.29, 1.82) is 0 Å². The Morgan fingerprint density at radius 1 is 1.29 bits per heavy atom. The van der Waals surface area contributed by atoms with Gasteiger partial charge in [0.15, 0.2) is 0 Å². The van der Waals surface area contributed by atoms with Gasteiger partial charge in [0.05, 0.1) is 11.1 Å². The summed E-state index contributed by atoms with van der Waals surface area (Å²) < 4.78 is 24.9. The van der Waals surface area contributed by atoms with Crippen molar-refractivity contribution < 1.29 is 8.42 Å². The summed E-state index contributed by atoms with van der Waals surface area (Å²) in [6.07, 6.45) is 2.90. The Kier molecular flexibility index (Phi) is 5.17. The van der Waals surface area contributed by atoms with Crippen molar-refractivity contribution in [3.63, 3.8) is 0 Å². The Morgan fingerprint density at radius 3 is 2.57 bits per heavy atom. The minimum atomic E-state index is -3.69. The highest BCUT2D eigenvalue weighted by Crippen LogP contribution is 2.17. The summed E-state index contributed by atoms with van der Waals surface area (Å²) in [4.78, 5) is 6.21. The van der Waals surface area contributed by atoms with Gasteiger partial charge < -0.3 is 0 Å². The van der Waals surface area contributed by atoms with E-state index in [1.165, 1.54) is 18.3 Å². The third-order valence-electron chi connectivity index (χ3n) is 2.59. The molecular weight excluding hydrogens is 425 g/mol. The van der Waals surface area contributed by atoms with Crippen LogP contribution in [-0.2, 0) is 10.0 Å². The first-order valence-electron chi connectivity index (χ1n) is 5.82. The first-order valence-corrected chi connectivity index (χ1v) is 8.76. The fourth-order valence-electron chi connectivity index (χ4n) is 1.47.